The molecule has 6 atom stereocenters. The molecular formula is C22H28N2O3. The van der Waals surface area contributed by atoms with Gasteiger partial charge in [0.1, 0.15) is 17.4 Å². The molecule has 0 heterocycles. The maximum Gasteiger partial charge on any atom is 0.339 e. The van der Waals surface area contributed by atoms with Gasteiger partial charge in [-0.2, -0.15) is 5.06 Å². The van der Waals surface area contributed by atoms with Crippen LogP contribution in [0.25, 0.3) is 0 Å². The van der Waals surface area contributed by atoms with Crippen molar-refractivity contribution < 1.29 is 14.7 Å². The molecule has 27 heavy (non-hydrogen) atoms. The molecule has 4 saturated carbocycles. The van der Waals surface area contributed by atoms with Crippen molar-refractivity contribution in [2.24, 2.45) is 29.4 Å². The first-order valence-corrected chi connectivity index (χ1v) is 9.93. The number of nitrogens with two attached hydrogens (primary N) is 1. The Morgan fingerprint density at radius 2 is 2.04 bits per heavy atom. The highest BCUT2D eigenvalue weighted by Crippen LogP contribution is 2.59. The van der Waals surface area contributed by atoms with Crippen LogP contribution in [0.4, 0.5) is 4.79 Å². The van der Waals surface area contributed by atoms with Crippen LogP contribution in [0.3, 0.4) is 0 Å². The second-order valence-electron chi connectivity index (χ2n) is 8.77. The molecule has 0 aliphatic heterocycles. The number of hydroxylamine groups is 2. The van der Waals surface area contributed by atoms with Crippen LogP contribution in [0.1, 0.15) is 51.5 Å². The molecule has 0 spiro atoms. The topological polar surface area (TPSA) is 75.8 Å². The van der Waals surface area contributed by atoms with E-state index in [0.717, 1.165) is 35.0 Å². The summed E-state index contributed by atoms with van der Waals surface area (Å²) < 4.78 is 6.59. The van der Waals surface area contributed by atoms with Gasteiger partial charge in [-0.15, -0.1) is 0 Å². The summed E-state index contributed by atoms with van der Waals surface area (Å²) in [6, 6.07) is 6.21. The zero-order valence-electron chi connectivity index (χ0n) is 16.0. The van der Waals surface area contributed by atoms with Gasteiger partial charge in [-0.25, -0.2) is 4.79 Å². The fourth-order valence-corrected chi connectivity index (χ4v) is 5.66. The van der Waals surface area contributed by atoms with Crippen LogP contribution in [0.2, 0.25) is 0 Å². The largest absolute Gasteiger partial charge is 0.487 e. The van der Waals surface area contributed by atoms with Crippen molar-refractivity contribution in [1.82, 2.24) is 5.06 Å². The molecule has 4 aliphatic carbocycles. The molecule has 5 heteroatoms. The van der Waals surface area contributed by atoms with Crippen LogP contribution in [-0.4, -0.2) is 27.9 Å². The third-order valence-corrected chi connectivity index (χ3v) is 6.87. The number of hydrogen-bond donors (Lipinski definition) is 2. The van der Waals surface area contributed by atoms with Crippen LogP contribution in [0.15, 0.2) is 24.3 Å². The summed E-state index contributed by atoms with van der Waals surface area (Å²) in [5, 5.41) is 9.96. The number of rotatable bonds is 3. The minimum Gasteiger partial charge on any atom is -0.487 e. The predicted molar refractivity (Wildman–Crippen MR) is 102 cm³/mol. The molecule has 4 unspecified atom stereocenters. The average Bonchev–Trinajstić information content (AvgIpc) is 2.62. The third kappa shape index (κ3) is 3.51. The van der Waals surface area contributed by atoms with E-state index in [9.17, 15) is 10.0 Å². The van der Waals surface area contributed by atoms with Gasteiger partial charge in [0.2, 0.25) is 0 Å². The van der Waals surface area contributed by atoms with Gasteiger partial charge in [0.25, 0.3) is 0 Å². The number of nitrogens with zero attached hydrogens (tertiary/aromatic N) is 1. The first-order chi connectivity index (χ1) is 12.8. The number of amides is 2. The van der Waals surface area contributed by atoms with Gasteiger partial charge in [0, 0.05) is 5.56 Å². The van der Waals surface area contributed by atoms with Gasteiger partial charge in [0.15, 0.2) is 0 Å². The Bertz CT molecular complexity index is 780. The molecule has 5 nitrogen and oxygen atoms in total. The summed E-state index contributed by atoms with van der Waals surface area (Å²) in [7, 11) is 0. The van der Waals surface area contributed by atoms with E-state index >= 15 is 0 Å². The van der Waals surface area contributed by atoms with E-state index in [4.69, 9.17) is 10.5 Å². The van der Waals surface area contributed by atoms with E-state index in [0.29, 0.717) is 5.06 Å². The Kier molecular flexibility index (Phi) is 4.55. The van der Waals surface area contributed by atoms with Gasteiger partial charge >= 0.3 is 6.03 Å². The number of hydrogen-bond acceptors (Lipinski definition) is 3. The zero-order chi connectivity index (χ0) is 19.2. The molecule has 5 rings (SSSR count). The first kappa shape index (κ1) is 18.2. The molecule has 4 fully saturated rings. The fourth-order valence-electron chi connectivity index (χ4n) is 5.66. The Morgan fingerprint density at radius 1 is 1.33 bits per heavy atom. The molecule has 0 radical (unpaired) electrons. The Hall–Kier alpha value is -2.19. The number of primary amides is 1. The highest BCUT2D eigenvalue weighted by atomic mass is 16.5. The summed E-state index contributed by atoms with van der Waals surface area (Å²) in [5.74, 6) is 9.98. The number of benzene rings is 1. The summed E-state index contributed by atoms with van der Waals surface area (Å²) in [5.41, 5.74) is 5.85. The van der Waals surface area contributed by atoms with Crippen LogP contribution in [0, 0.1) is 35.5 Å². The normalized spacial score (nSPS) is 34.5. The number of carbonyl (C=O) groups is 1. The number of ether oxygens (including phenoxy) is 1. The van der Waals surface area contributed by atoms with E-state index < -0.39 is 12.1 Å². The third-order valence-electron chi connectivity index (χ3n) is 6.87. The molecule has 0 aromatic heterocycles. The molecule has 4 bridgehead atoms. The standard InChI is InChI=1S/C22H28N2O3/c1-14(24(26)21(23)25)6-7-16-4-3-5-20(10-16)27-22-11-17-8-18(12-22)15(2)19(9-17)13-22/h3-5,10,14-15,17-19,26H,8-9,11-13H2,1-2H3,(H2,23,25)/t14-,15?,17?,18-,19?,22?/m1/s1. The Labute approximate surface area is 160 Å². The van der Waals surface area contributed by atoms with E-state index in [-0.39, 0.29) is 5.60 Å². The summed E-state index contributed by atoms with van der Waals surface area (Å²) in [4.78, 5) is 11.0. The lowest BCUT2D eigenvalue weighted by Crippen LogP contribution is -2.56. The van der Waals surface area contributed by atoms with Crippen molar-refractivity contribution in [1.29, 1.82) is 0 Å². The minimum atomic E-state index is -0.912. The monoisotopic (exact) mass is 368 g/mol. The highest BCUT2D eigenvalue weighted by molar-refractivity contribution is 5.71. The quantitative estimate of drug-likeness (QED) is 0.484. The van der Waals surface area contributed by atoms with E-state index in [2.05, 4.69) is 18.8 Å². The second kappa shape index (κ2) is 6.76. The average molecular weight is 368 g/mol. The second-order valence-corrected chi connectivity index (χ2v) is 8.77. The number of carbonyl (C=O) groups excluding carboxylic acids is 1. The number of urea groups is 1. The van der Waals surface area contributed by atoms with Gasteiger partial charge in [-0.1, -0.05) is 24.8 Å². The summed E-state index contributed by atoms with van der Waals surface area (Å²) in [6.07, 6.45) is 6.28. The van der Waals surface area contributed by atoms with Crippen molar-refractivity contribution in [2.45, 2.75) is 57.6 Å². The van der Waals surface area contributed by atoms with Gasteiger partial charge in [-0.05, 0) is 80.9 Å². The van der Waals surface area contributed by atoms with Crippen molar-refractivity contribution in [3.63, 3.8) is 0 Å². The maximum absolute atomic E-state index is 11.0. The van der Waals surface area contributed by atoms with Crippen LogP contribution in [-0.2, 0) is 0 Å². The molecule has 144 valence electrons. The van der Waals surface area contributed by atoms with Gasteiger partial charge in [0.05, 0.1) is 0 Å². The van der Waals surface area contributed by atoms with Crippen molar-refractivity contribution in [3.8, 4) is 17.6 Å². The van der Waals surface area contributed by atoms with Crippen molar-refractivity contribution in [2.75, 3.05) is 0 Å². The predicted octanol–water partition coefficient (Wildman–Crippen LogP) is 3.79. The lowest BCUT2D eigenvalue weighted by molar-refractivity contribution is -0.133. The molecule has 3 N–H and O–H groups in total. The minimum absolute atomic E-state index is 0.00375. The lowest BCUT2D eigenvalue weighted by atomic mass is 9.50. The maximum atomic E-state index is 11.0. The van der Waals surface area contributed by atoms with Crippen molar-refractivity contribution >= 4 is 6.03 Å². The zero-order valence-corrected chi connectivity index (χ0v) is 16.0. The van der Waals surface area contributed by atoms with E-state index in [1.165, 1.54) is 32.1 Å². The summed E-state index contributed by atoms with van der Waals surface area (Å²) >= 11 is 0. The summed E-state index contributed by atoms with van der Waals surface area (Å²) in [6.45, 7) is 4.05. The lowest BCUT2D eigenvalue weighted by Gasteiger charge is -2.59. The van der Waals surface area contributed by atoms with Crippen LogP contribution in [0.5, 0.6) is 5.75 Å². The molecule has 0 saturated heterocycles. The Balaban J connectivity index is 1.49. The first-order valence-electron chi connectivity index (χ1n) is 9.93. The van der Waals surface area contributed by atoms with Crippen LogP contribution < -0.4 is 10.5 Å². The van der Waals surface area contributed by atoms with E-state index in [1.54, 1.807) is 6.92 Å². The van der Waals surface area contributed by atoms with Gasteiger partial charge < -0.3 is 10.5 Å². The van der Waals surface area contributed by atoms with E-state index in [1.807, 2.05) is 24.3 Å². The molecule has 1 aromatic rings. The molecule has 4 aliphatic rings. The molecule has 1 aromatic carbocycles. The molecular weight excluding hydrogens is 340 g/mol. The van der Waals surface area contributed by atoms with Gasteiger partial charge in [-0.3, -0.25) is 5.21 Å². The molecule has 2 amide bonds. The Morgan fingerprint density at radius 3 is 2.70 bits per heavy atom. The SMILES string of the molecule is CC1C2CC3C[C@@H]1CC(Oc1cccc(C#C[C@@H](C)N(O)C(N)=O)c1)(C3)C2. The smallest absolute Gasteiger partial charge is 0.339 e. The van der Waals surface area contributed by atoms with Crippen molar-refractivity contribution in [3.05, 3.63) is 29.8 Å². The van der Waals surface area contributed by atoms with Crippen LogP contribution >= 0.6 is 0 Å². The highest BCUT2D eigenvalue weighted by Gasteiger charge is 2.55. The fraction of sp³-hybridized carbons (Fsp3) is 0.591.